The van der Waals surface area contributed by atoms with E-state index in [2.05, 4.69) is 20.6 Å². The van der Waals surface area contributed by atoms with Gasteiger partial charge in [-0.3, -0.25) is 0 Å². The van der Waals surface area contributed by atoms with Crippen molar-refractivity contribution in [1.29, 1.82) is 0 Å². The largest absolute Gasteiger partial charge is 0.454 e. The van der Waals surface area contributed by atoms with Gasteiger partial charge in [-0.1, -0.05) is 29.3 Å². The quantitative estimate of drug-likeness (QED) is 0.649. The van der Waals surface area contributed by atoms with Crippen LogP contribution in [0.2, 0.25) is 10.0 Å². The highest BCUT2D eigenvalue weighted by Crippen LogP contribution is 2.32. The van der Waals surface area contributed by atoms with Gasteiger partial charge in [0.25, 0.3) is 0 Å². The van der Waals surface area contributed by atoms with Crippen molar-refractivity contribution >= 4 is 40.7 Å². The molecule has 1 aromatic heterocycles. The minimum Gasteiger partial charge on any atom is -0.454 e. The monoisotopic (exact) mass is 388 g/mol. The van der Waals surface area contributed by atoms with Crippen LogP contribution in [0.15, 0.2) is 48.7 Å². The number of nitrogens with one attached hydrogen (secondary N) is 2. The van der Waals surface area contributed by atoms with Crippen molar-refractivity contribution in [2.75, 3.05) is 17.4 Å². The molecule has 4 rings (SSSR count). The normalized spacial score (nSPS) is 12.1. The van der Waals surface area contributed by atoms with E-state index in [1.807, 2.05) is 24.3 Å². The number of fused-ring (bicyclic) bond motifs is 1. The van der Waals surface area contributed by atoms with E-state index in [0.717, 1.165) is 22.7 Å². The second kappa shape index (κ2) is 7.27. The Morgan fingerprint density at radius 1 is 0.962 bits per heavy atom. The van der Waals surface area contributed by atoms with Gasteiger partial charge in [-0.05, 0) is 42.0 Å². The van der Waals surface area contributed by atoms with Crippen molar-refractivity contribution < 1.29 is 9.47 Å². The number of rotatable bonds is 5. The highest BCUT2D eigenvalue weighted by Gasteiger charge is 2.13. The first-order chi connectivity index (χ1) is 12.7. The van der Waals surface area contributed by atoms with E-state index in [4.69, 9.17) is 32.7 Å². The lowest BCUT2D eigenvalue weighted by Gasteiger charge is -2.09. The molecule has 0 amide bonds. The molecule has 0 saturated heterocycles. The maximum absolute atomic E-state index is 6.03. The Morgan fingerprint density at radius 2 is 1.85 bits per heavy atom. The van der Waals surface area contributed by atoms with Crippen molar-refractivity contribution in [3.8, 4) is 11.5 Å². The molecule has 6 nitrogen and oxygen atoms in total. The fraction of sp³-hybridized carbons (Fsp3) is 0.111. The number of hydrogen-bond acceptors (Lipinski definition) is 6. The third-order valence-electron chi connectivity index (χ3n) is 3.74. The van der Waals surface area contributed by atoms with Crippen molar-refractivity contribution in [2.24, 2.45) is 0 Å². The van der Waals surface area contributed by atoms with Gasteiger partial charge >= 0.3 is 0 Å². The Balaban J connectivity index is 1.43. The standard InChI is InChI=1S/C18H14Cl2N4O2/c19-13-3-2-12(8-14(13)20)23-17-5-6-21-18(24-17)22-9-11-1-4-15-16(7-11)26-10-25-15/h1-8H,9-10H2,(H2,21,22,23,24). The molecule has 3 aromatic rings. The first kappa shape index (κ1) is 16.8. The molecule has 2 N–H and O–H groups in total. The van der Waals surface area contributed by atoms with Crippen LogP contribution in [-0.2, 0) is 6.54 Å². The van der Waals surface area contributed by atoms with Crippen molar-refractivity contribution in [1.82, 2.24) is 9.97 Å². The van der Waals surface area contributed by atoms with Crippen LogP contribution in [0.3, 0.4) is 0 Å². The first-order valence-electron chi connectivity index (χ1n) is 7.85. The van der Waals surface area contributed by atoms with Gasteiger partial charge in [-0.25, -0.2) is 4.98 Å². The fourth-order valence-corrected chi connectivity index (χ4v) is 2.77. The number of anilines is 3. The maximum Gasteiger partial charge on any atom is 0.231 e. The molecular weight excluding hydrogens is 375 g/mol. The summed E-state index contributed by atoms with van der Waals surface area (Å²) < 4.78 is 10.7. The second-order valence-electron chi connectivity index (χ2n) is 5.56. The van der Waals surface area contributed by atoms with Crippen molar-refractivity contribution in [3.63, 3.8) is 0 Å². The van der Waals surface area contributed by atoms with E-state index in [0.29, 0.717) is 28.4 Å². The van der Waals surface area contributed by atoms with Gasteiger partial charge in [0.1, 0.15) is 5.82 Å². The summed E-state index contributed by atoms with van der Waals surface area (Å²) in [7, 11) is 0. The third kappa shape index (κ3) is 3.76. The molecule has 8 heteroatoms. The highest BCUT2D eigenvalue weighted by molar-refractivity contribution is 6.42. The Hall–Kier alpha value is -2.70. The van der Waals surface area contributed by atoms with E-state index in [1.165, 1.54) is 0 Å². The Morgan fingerprint density at radius 3 is 2.73 bits per heavy atom. The molecule has 0 spiro atoms. The van der Waals surface area contributed by atoms with Gasteiger partial charge in [0.05, 0.1) is 10.0 Å². The summed E-state index contributed by atoms with van der Waals surface area (Å²) in [6.45, 7) is 0.824. The number of nitrogens with zero attached hydrogens (tertiary/aromatic N) is 2. The van der Waals surface area contributed by atoms with Crippen LogP contribution in [0.25, 0.3) is 0 Å². The Labute approximate surface area is 160 Å². The van der Waals surface area contributed by atoms with Gasteiger partial charge in [-0.2, -0.15) is 4.98 Å². The average Bonchev–Trinajstić information content (AvgIpc) is 3.11. The first-order valence-corrected chi connectivity index (χ1v) is 8.60. The molecule has 1 aliphatic heterocycles. The van der Waals surface area contributed by atoms with Gasteiger partial charge < -0.3 is 20.1 Å². The summed E-state index contributed by atoms with van der Waals surface area (Å²) in [6.07, 6.45) is 1.68. The molecule has 2 heterocycles. The van der Waals surface area contributed by atoms with Crippen LogP contribution in [0, 0.1) is 0 Å². The van der Waals surface area contributed by atoms with E-state index < -0.39 is 0 Å². The average molecular weight is 389 g/mol. The molecular formula is C18H14Cl2N4O2. The zero-order valence-corrected chi connectivity index (χ0v) is 15.0. The highest BCUT2D eigenvalue weighted by atomic mass is 35.5. The number of halogens is 2. The maximum atomic E-state index is 6.03. The molecule has 0 saturated carbocycles. The smallest absolute Gasteiger partial charge is 0.231 e. The lowest BCUT2D eigenvalue weighted by atomic mass is 10.2. The van der Waals surface area contributed by atoms with Crippen LogP contribution in [0.5, 0.6) is 11.5 Å². The zero-order valence-electron chi connectivity index (χ0n) is 13.5. The Kier molecular flexibility index (Phi) is 4.69. The number of hydrogen-bond donors (Lipinski definition) is 2. The summed E-state index contributed by atoms with van der Waals surface area (Å²) in [5.74, 6) is 2.66. The predicted octanol–water partition coefficient (Wildman–Crippen LogP) is 4.87. The van der Waals surface area contributed by atoms with Crippen LogP contribution in [0.1, 0.15) is 5.56 Å². The molecule has 26 heavy (non-hydrogen) atoms. The fourth-order valence-electron chi connectivity index (χ4n) is 2.47. The van der Waals surface area contributed by atoms with E-state index in [9.17, 15) is 0 Å². The SMILES string of the molecule is Clc1ccc(Nc2ccnc(NCc3ccc4c(c3)OCO4)n2)cc1Cl. The number of ether oxygens (including phenoxy) is 2. The molecule has 0 atom stereocenters. The lowest BCUT2D eigenvalue weighted by molar-refractivity contribution is 0.174. The van der Waals surface area contributed by atoms with Crippen LogP contribution >= 0.6 is 23.2 Å². The van der Waals surface area contributed by atoms with E-state index in [1.54, 1.807) is 24.4 Å². The molecule has 2 aromatic carbocycles. The van der Waals surface area contributed by atoms with Crippen molar-refractivity contribution in [2.45, 2.75) is 6.54 Å². The van der Waals surface area contributed by atoms with Crippen LogP contribution in [-0.4, -0.2) is 16.8 Å². The minimum absolute atomic E-state index is 0.262. The summed E-state index contributed by atoms with van der Waals surface area (Å²) in [5, 5.41) is 7.35. The van der Waals surface area contributed by atoms with Crippen molar-refractivity contribution in [3.05, 3.63) is 64.3 Å². The minimum atomic E-state index is 0.262. The van der Waals surface area contributed by atoms with Gasteiger partial charge in [-0.15, -0.1) is 0 Å². The molecule has 0 radical (unpaired) electrons. The van der Waals surface area contributed by atoms with Gasteiger partial charge in [0.2, 0.25) is 12.7 Å². The molecule has 1 aliphatic rings. The van der Waals surface area contributed by atoms with Crippen LogP contribution < -0.4 is 20.1 Å². The molecule has 0 aliphatic carbocycles. The topological polar surface area (TPSA) is 68.3 Å². The van der Waals surface area contributed by atoms with E-state index in [-0.39, 0.29) is 6.79 Å². The number of benzene rings is 2. The second-order valence-corrected chi connectivity index (χ2v) is 6.37. The summed E-state index contributed by atoms with van der Waals surface area (Å²) in [6, 6.07) is 12.9. The molecule has 0 unspecified atom stereocenters. The molecule has 132 valence electrons. The molecule has 0 bridgehead atoms. The van der Waals surface area contributed by atoms with Crippen LogP contribution in [0.4, 0.5) is 17.5 Å². The summed E-state index contributed by atoms with van der Waals surface area (Å²) in [4.78, 5) is 8.68. The summed E-state index contributed by atoms with van der Waals surface area (Å²) >= 11 is 12.0. The van der Waals surface area contributed by atoms with Gasteiger partial charge in [0, 0.05) is 18.4 Å². The zero-order chi connectivity index (χ0) is 17.9. The van der Waals surface area contributed by atoms with E-state index >= 15 is 0 Å². The lowest BCUT2D eigenvalue weighted by Crippen LogP contribution is -2.05. The van der Waals surface area contributed by atoms with Gasteiger partial charge in [0.15, 0.2) is 11.5 Å². The molecule has 0 fully saturated rings. The number of aromatic nitrogens is 2. The third-order valence-corrected chi connectivity index (χ3v) is 4.47. The Bertz CT molecular complexity index is 952. The predicted molar refractivity (Wildman–Crippen MR) is 102 cm³/mol. The summed E-state index contributed by atoms with van der Waals surface area (Å²) in [5.41, 5.74) is 1.83.